The number of hydrogen-bond donors (Lipinski definition) is 1. The van der Waals surface area contributed by atoms with Crippen LogP contribution in [0.25, 0.3) is 0 Å². The fourth-order valence-corrected chi connectivity index (χ4v) is 2.61. The van der Waals surface area contributed by atoms with Crippen molar-refractivity contribution in [1.29, 1.82) is 0 Å². The minimum atomic E-state index is 0.160. The van der Waals surface area contributed by atoms with Crippen LogP contribution < -0.4 is 5.32 Å². The maximum Gasteiger partial charge on any atom is 0.130 e. The van der Waals surface area contributed by atoms with Gasteiger partial charge in [-0.15, -0.1) is 0 Å². The zero-order chi connectivity index (χ0) is 12.3. The summed E-state index contributed by atoms with van der Waals surface area (Å²) in [7, 11) is 2.03. The minimum absolute atomic E-state index is 0.160. The number of aromatic nitrogens is 2. The molecule has 0 aliphatic heterocycles. The number of hydrogen-bond acceptors (Lipinski definition) is 2. The van der Waals surface area contributed by atoms with E-state index in [0.29, 0.717) is 0 Å². The molecule has 1 unspecified atom stereocenters. The van der Waals surface area contributed by atoms with Crippen LogP contribution in [0.5, 0.6) is 0 Å². The summed E-state index contributed by atoms with van der Waals surface area (Å²) >= 11 is 2.37. The second kappa shape index (κ2) is 5.64. The molecule has 0 aliphatic carbocycles. The van der Waals surface area contributed by atoms with E-state index in [9.17, 15) is 0 Å². The Bertz CT molecular complexity index is 493. The molecule has 0 amide bonds. The normalized spacial score (nSPS) is 12.6. The van der Waals surface area contributed by atoms with Crippen LogP contribution in [-0.2, 0) is 7.05 Å². The Labute approximate surface area is 115 Å². The fourth-order valence-electron chi connectivity index (χ4n) is 1.91. The van der Waals surface area contributed by atoms with E-state index in [0.717, 1.165) is 12.4 Å². The summed E-state index contributed by atoms with van der Waals surface area (Å²) in [5.41, 5.74) is 1.28. The van der Waals surface area contributed by atoms with Gasteiger partial charge in [-0.3, -0.25) is 0 Å². The van der Waals surface area contributed by atoms with E-state index in [1.54, 1.807) is 0 Å². The van der Waals surface area contributed by atoms with Crippen molar-refractivity contribution in [3.63, 3.8) is 0 Å². The van der Waals surface area contributed by atoms with Gasteiger partial charge in [-0.1, -0.05) is 25.1 Å². The number of nitrogens with one attached hydrogen (secondary N) is 1. The first-order valence-corrected chi connectivity index (χ1v) is 6.77. The Balaban J connectivity index is 2.43. The molecule has 0 bridgehead atoms. The standard InChI is InChI=1S/C13H16IN3/c1-3-15-12(13-16-8-9-17(13)2)10-6-4-5-7-11(10)14/h4-9,12,15H,3H2,1-2H3. The third-order valence-electron chi connectivity index (χ3n) is 2.74. The van der Waals surface area contributed by atoms with Gasteiger partial charge >= 0.3 is 0 Å². The van der Waals surface area contributed by atoms with Crippen LogP contribution in [0.2, 0.25) is 0 Å². The van der Waals surface area contributed by atoms with Crippen molar-refractivity contribution in [2.24, 2.45) is 7.05 Å². The van der Waals surface area contributed by atoms with Crippen LogP contribution in [0.4, 0.5) is 0 Å². The highest BCUT2D eigenvalue weighted by Crippen LogP contribution is 2.24. The quantitative estimate of drug-likeness (QED) is 0.867. The SMILES string of the molecule is CCNC(c1ccccc1I)c1nccn1C. The van der Waals surface area contributed by atoms with E-state index in [-0.39, 0.29) is 6.04 Å². The van der Waals surface area contributed by atoms with Crippen molar-refractivity contribution in [3.8, 4) is 0 Å². The number of benzene rings is 1. The minimum Gasteiger partial charge on any atom is -0.336 e. The number of rotatable bonds is 4. The topological polar surface area (TPSA) is 29.9 Å². The molecular weight excluding hydrogens is 325 g/mol. The summed E-state index contributed by atoms with van der Waals surface area (Å²) in [6.45, 7) is 3.04. The predicted molar refractivity (Wildman–Crippen MR) is 77.9 cm³/mol. The highest BCUT2D eigenvalue weighted by atomic mass is 127. The van der Waals surface area contributed by atoms with Gasteiger partial charge in [0.05, 0.1) is 6.04 Å². The molecule has 1 aromatic heterocycles. The van der Waals surface area contributed by atoms with Gasteiger partial charge in [-0.2, -0.15) is 0 Å². The first-order chi connectivity index (χ1) is 8.24. The molecule has 2 rings (SSSR count). The van der Waals surface area contributed by atoms with E-state index >= 15 is 0 Å². The van der Waals surface area contributed by atoms with E-state index in [2.05, 4.69) is 68.6 Å². The van der Waals surface area contributed by atoms with E-state index in [1.807, 2.05) is 19.4 Å². The Morgan fingerprint density at radius 1 is 1.41 bits per heavy atom. The average Bonchev–Trinajstić information content (AvgIpc) is 2.74. The van der Waals surface area contributed by atoms with Crippen LogP contribution in [0, 0.1) is 3.57 Å². The zero-order valence-corrected chi connectivity index (χ0v) is 12.2. The molecule has 0 aliphatic rings. The second-order valence-corrected chi connectivity index (χ2v) is 5.07. The lowest BCUT2D eigenvalue weighted by Gasteiger charge is -2.19. The molecule has 17 heavy (non-hydrogen) atoms. The monoisotopic (exact) mass is 341 g/mol. The van der Waals surface area contributed by atoms with E-state index in [4.69, 9.17) is 0 Å². The molecule has 2 aromatic rings. The molecular formula is C13H16IN3. The first-order valence-electron chi connectivity index (χ1n) is 5.69. The molecule has 4 heteroatoms. The van der Waals surface area contributed by atoms with Crippen molar-refractivity contribution in [2.75, 3.05) is 6.54 Å². The Morgan fingerprint density at radius 3 is 2.76 bits per heavy atom. The lowest BCUT2D eigenvalue weighted by atomic mass is 10.1. The summed E-state index contributed by atoms with van der Waals surface area (Å²) in [5, 5.41) is 3.49. The molecule has 0 spiro atoms. The van der Waals surface area contributed by atoms with Gasteiger partial charge in [-0.25, -0.2) is 4.98 Å². The summed E-state index contributed by atoms with van der Waals surface area (Å²) < 4.78 is 3.33. The molecule has 1 atom stereocenters. The fraction of sp³-hybridized carbons (Fsp3) is 0.308. The molecule has 1 N–H and O–H groups in total. The molecule has 0 saturated carbocycles. The van der Waals surface area contributed by atoms with Crippen LogP contribution >= 0.6 is 22.6 Å². The van der Waals surface area contributed by atoms with Crippen LogP contribution in [-0.4, -0.2) is 16.1 Å². The maximum absolute atomic E-state index is 4.45. The third kappa shape index (κ3) is 2.69. The maximum atomic E-state index is 4.45. The molecule has 3 nitrogen and oxygen atoms in total. The zero-order valence-electron chi connectivity index (χ0n) is 10.0. The Morgan fingerprint density at radius 2 is 2.18 bits per heavy atom. The van der Waals surface area contributed by atoms with Gasteiger partial charge in [0.25, 0.3) is 0 Å². The molecule has 0 saturated heterocycles. The summed E-state index contributed by atoms with van der Waals surface area (Å²) in [6, 6.07) is 8.58. The van der Waals surface area contributed by atoms with E-state index in [1.165, 1.54) is 9.13 Å². The van der Waals surface area contributed by atoms with Crippen molar-refractivity contribution in [2.45, 2.75) is 13.0 Å². The molecule has 1 aromatic carbocycles. The van der Waals surface area contributed by atoms with Crippen molar-refractivity contribution in [1.82, 2.24) is 14.9 Å². The summed E-state index contributed by atoms with van der Waals surface area (Å²) in [4.78, 5) is 4.45. The smallest absolute Gasteiger partial charge is 0.130 e. The Kier molecular flexibility index (Phi) is 4.17. The summed E-state index contributed by atoms with van der Waals surface area (Å²) in [6.07, 6.45) is 3.82. The summed E-state index contributed by atoms with van der Waals surface area (Å²) in [5.74, 6) is 1.05. The van der Waals surface area contributed by atoms with Gasteiger partial charge in [0.2, 0.25) is 0 Å². The van der Waals surface area contributed by atoms with Crippen LogP contribution in [0.1, 0.15) is 24.4 Å². The van der Waals surface area contributed by atoms with Gasteiger partial charge in [-0.05, 0) is 40.8 Å². The number of halogens is 1. The lowest BCUT2D eigenvalue weighted by molar-refractivity contribution is 0.575. The van der Waals surface area contributed by atoms with Crippen molar-refractivity contribution < 1.29 is 0 Å². The number of nitrogens with zero attached hydrogens (tertiary/aromatic N) is 2. The van der Waals surface area contributed by atoms with Gasteiger partial charge in [0, 0.05) is 23.0 Å². The van der Waals surface area contributed by atoms with E-state index < -0.39 is 0 Å². The lowest BCUT2D eigenvalue weighted by Crippen LogP contribution is -2.25. The van der Waals surface area contributed by atoms with Crippen LogP contribution in [0.3, 0.4) is 0 Å². The third-order valence-corrected chi connectivity index (χ3v) is 3.72. The molecule has 0 fully saturated rings. The van der Waals surface area contributed by atoms with Gasteiger partial charge < -0.3 is 9.88 Å². The average molecular weight is 341 g/mol. The molecule has 0 radical (unpaired) electrons. The van der Waals surface area contributed by atoms with Gasteiger partial charge in [0.15, 0.2) is 0 Å². The van der Waals surface area contributed by atoms with Crippen molar-refractivity contribution >= 4 is 22.6 Å². The largest absolute Gasteiger partial charge is 0.336 e. The highest BCUT2D eigenvalue weighted by molar-refractivity contribution is 14.1. The highest BCUT2D eigenvalue weighted by Gasteiger charge is 2.18. The second-order valence-electron chi connectivity index (χ2n) is 3.91. The molecule has 1 heterocycles. The number of aryl methyl sites for hydroxylation is 1. The van der Waals surface area contributed by atoms with Gasteiger partial charge in [0.1, 0.15) is 5.82 Å². The van der Waals surface area contributed by atoms with Crippen LogP contribution in [0.15, 0.2) is 36.7 Å². The van der Waals surface area contributed by atoms with Crippen molar-refractivity contribution in [3.05, 3.63) is 51.6 Å². The predicted octanol–water partition coefficient (Wildman–Crippen LogP) is 2.72. The molecule has 90 valence electrons. The Hall–Kier alpha value is -0.880. The number of imidazole rings is 1. The first kappa shape index (κ1) is 12.6.